The topological polar surface area (TPSA) is 92.7 Å². The van der Waals surface area contributed by atoms with Gasteiger partial charge in [-0.2, -0.15) is 0 Å². The maximum Gasteiger partial charge on any atom is 0.322 e. The van der Waals surface area contributed by atoms with Gasteiger partial charge in [-0.1, -0.05) is 6.07 Å². The molecule has 0 saturated heterocycles. The van der Waals surface area contributed by atoms with Gasteiger partial charge >= 0.3 is 6.01 Å². The first-order valence-electron chi connectivity index (χ1n) is 11.4. The van der Waals surface area contributed by atoms with Crippen LogP contribution in [0.2, 0.25) is 0 Å². The highest BCUT2D eigenvalue weighted by Crippen LogP contribution is 2.45. The SMILES string of the molecule is CC(=O)N1c2ccc(-c3ccc4c(c3)CCN4S(C)(=O)=O)c(Oc3ncc(F)cn3)c2CCC1C. The molecule has 2 aliphatic heterocycles. The van der Waals surface area contributed by atoms with Gasteiger partial charge in [0.05, 0.1) is 30.0 Å². The van der Waals surface area contributed by atoms with Crippen molar-refractivity contribution in [2.45, 2.75) is 39.2 Å². The lowest BCUT2D eigenvalue weighted by molar-refractivity contribution is -0.117. The number of rotatable bonds is 4. The quantitative estimate of drug-likeness (QED) is 0.540. The molecule has 0 spiro atoms. The zero-order valence-electron chi connectivity index (χ0n) is 19.7. The molecule has 0 aliphatic carbocycles. The second-order valence-electron chi connectivity index (χ2n) is 8.93. The minimum atomic E-state index is -3.35. The number of aromatic nitrogens is 2. The molecule has 2 aromatic carbocycles. The molecule has 0 radical (unpaired) electrons. The monoisotopic (exact) mass is 496 g/mol. The normalized spacial score (nSPS) is 17.2. The average molecular weight is 497 g/mol. The zero-order valence-corrected chi connectivity index (χ0v) is 20.5. The molecule has 5 rings (SSSR count). The Morgan fingerprint density at radius 1 is 1.11 bits per heavy atom. The third-order valence-electron chi connectivity index (χ3n) is 6.52. The Bertz CT molecular complexity index is 1430. The van der Waals surface area contributed by atoms with E-state index in [2.05, 4.69) is 9.97 Å². The van der Waals surface area contributed by atoms with Gasteiger partial charge in [0.15, 0.2) is 5.82 Å². The minimum Gasteiger partial charge on any atom is -0.423 e. The van der Waals surface area contributed by atoms with Crippen molar-refractivity contribution >= 4 is 27.3 Å². The molecule has 2 aliphatic rings. The molecule has 182 valence electrons. The van der Waals surface area contributed by atoms with E-state index >= 15 is 0 Å². The Kier molecular flexibility index (Phi) is 5.71. The van der Waals surface area contributed by atoms with Gasteiger partial charge in [-0.25, -0.2) is 22.8 Å². The average Bonchev–Trinajstić information content (AvgIpc) is 3.24. The molecule has 10 heteroatoms. The van der Waals surface area contributed by atoms with Crippen LogP contribution in [0, 0.1) is 5.82 Å². The zero-order chi connectivity index (χ0) is 24.9. The summed E-state index contributed by atoms with van der Waals surface area (Å²) in [7, 11) is -3.35. The Hall–Kier alpha value is -3.53. The van der Waals surface area contributed by atoms with Crippen LogP contribution in [0.15, 0.2) is 42.7 Å². The molecule has 3 heterocycles. The van der Waals surface area contributed by atoms with Crippen LogP contribution in [0.1, 0.15) is 31.4 Å². The van der Waals surface area contributed by atoms with Crippen molar-refractivity contribution in [3.8, 4) is 22.9 Å². The lowest BCUT2D eigenvalue weighted by Gasteiger charge is -2.35. The molecule has 1 unspecified atom stereocenters. The lowest BCUT2D eigenvalue weighted by Crippen LogP contribution is -2.40. The van der Waals surface area contributed by atoms with Gasteiger partial charge in [0.2, 0.25) is 15.9 Å². The summed E-state index contributed by atoms with van der Waals surface area (Å²) < 4.78 is 45.2. The number of sulfonamides is 1. The molecule has 0 saturated carbocycles. The summed E-state index contributed by atoms with van der Waals surface area (Å²) in [5.41, 5.74) is 4.81. The third kappa shape index (κ3) is 4.22. The standard InChI is InChI=1S/C25H25FN4O4S/c1-15-4-6-21-23(30(15)16(2)31)9-7-20(24(21)34-25-27-13-19(26)14-28-25)17-5-8-22-18(12-17)10-11-29(22)35(3,32)33/h5,7-9,12-15H,4,6,10-11H2,1-3H3. The molecule has 0 fully saturated rings. The Balaban J connectivity index is 1.65. The summed E-state index contributed by atoms with van der Waals surface area (Å²) in [6, 6.07) is 9.47. The smallest absolute Gasteiger partial charge is 0.322 e. The van der Waals surface area contributed by atoms with E-state index in [4.69, 9.17) is 4.74 Å². The van der Waals surface area contributed by atoms with Crippen molar-refractivity contribution in [3.05, 3.63) is 59.7 Å². The van der Waals surface area contributed by atoms with Crippen LogP contribution in [0.3, 0.4) is 0 Å². The minimum absolute atomic E-state index is 0.00143. The number of fused-ring (bicyclic) bond motifs is 2. The summed E-state index contributed by atoms with van der Waals surface area (Å²) >= 11 is 0. The van der Waals surface area contributed by atoms with E-state index in [-0.39, 0.29) is 18.0 Å². The van der Waals surface area contributed by atoms with E-state index in [0.717, 1.165) is 46.8 Å². The van der Waals surface area contributed by atoms with Crippen molar-refractivity contribution in [2.75, 3.05) is 22.0 Å². The summed E-state index contributed by atoms with van der Waals surface area (Å²) in [5.74, 6) is -0.128. The number of nitrogens with zero attached hydrogens (tertiary/aromatic N) is 4. The van der Waals surface area contributed by atoms with E-state index in [0.29, 0.717) is 30.8 Å². The van der Waals surface area contributed by atoms with Crippen molar-refractivity contribution in [1.29, 1.82) is 0 Å². The van der Waals surface area contributed by atoms with Crippen molar-refractivity contribution in [2.24, 2.45) is 0 Å². The van der Waals surface area contributed by atoms with Crippen molar-refractivity contribution in [3.63, 3.8) is 0 Å². The molecular weight excluding hydrogens is 471 g/mol. The highest BCUT2D eigenvalue weighted by Gasteiger charge is 2.31. The van der Waals surface area contributed by atoms with Crippen LogP contribution < -0.4 is 13.9 Å². The number of benzene rings is 2. The third-order valence-corrected chi connectivity index (χ3v) is 7.70. The maximum absolute atomic E-state index is 13.4. The van der Waals surface area contributed by atoms with Crippen LogP contribution >= 0.6 is 0 Å². The van der Waals surface area contributed by atoms with Gasteiger partial charge in [0.1, 0.15) is 5.75 Å². The first kappa shape index (κ1) is 23.2. The van der Waals surface area contributed by atoms with Crippen molar-refractivity contribution < 1.29 is 22.3 Å². The second-order valence-corrected chi connectivity index (χ2v) is 10.8. The highest BCUT2D eigenvalue weighted by molar-refractivity contribution is 7.92. The summed E-state index contributed by atoms with van der Waals surface area (Å²) in [5, 5.41) is 0. The fourth-order valence-corrected chi connectivity index (χ4v) is 5.91. The first-order chi connectivity index (χ1) is 16.6. The predicted octanol–water partition coefficient (Wildman–Crippen LogP) is 4.08. The Morgan fingerprint density at radius 2 is 1.83 bits per heavy atom. The molecule has 3 aromatic rings. The number of carbonyl (C=O) groups excluding carboxylic acids is 1. The van der Waals surface area contributed by atoms with Crippen LogP contribution in [0.5, 0.6) is 11.8 Å². The van der Waals surface area contributed by atoms with Gasteiger partial charge < -0.3 is 9.64 Å². The lowest BCUT2D eigenvalue weighted by atomic mass is 9.91. The number of amides is 1. The molecule has 0 bridgehead atoms. The Morgan fingerprint density at radius 3 is 2.51 bits per heavy atom. The molecule has 1 amide bonds. The van der Waals surface area contributed by atoms with Crippen LogP contribution in [0.4, 0.5) is 15.8 Å². The van der Waals surface area contributed by atoms with Gasteiger partial charge in [0.25, 0.3) is 0 Å². The number of ether oxygens (including phenoxy) is 1. The van der Waals surface area contributed by atoms with Gasteiger partial charge in [-0.3, -0.25) is 9.10 Å². The van der Waals surface area contributed by atoms with E-state index in [1.54, 1.807) is 11.0 Å². The number of hydrogen-bond acceptors (Lipinski definition) is 6. The van der Waals surface area contributed by atoms with Crippen LogP contribution in [-0.2, 0) is 27.7 Å². The molecule has 1 atom stereocenters. The largest absolute Gasteiger partial charge is 0.423 e. The number of halogens is 1. The fourth-order valence-electron chi connectivity index (χ4n) is 4.96. The summed E-state index contributed by atoms with van der Waals surface area (Å²) in [6.07, 6.45) is 5.32. The van der Waals surface area contributed by atoms with Gasteiger partial charge in [-0.15, -0.1) is 0 Å². The van der Waals surface area contributed by atoms with E-state index < -0.39 is 15.8 Å². The van der Waals surface area contributed by atoms with Gasteiger partial charge in [0, 0.05) is 30.6 Å². The van der Waals surface area contributed by atoms with Gasteiger partial charge in [-0.05, 0) is 61.6 Å². The summed E-state index contributed by atoms with van der Waals surface area (Å²) in [6.45, 7) is 3.95. The molecular formula is C25H25FN4O4S. The van der Waals surface area contributed by atoms with Crippen LogP contribution in [-0.4, -0.2) is 43.1 Å². The number of carbonyl (C=O) groups is 1. The van der Waals surface area contributed by atoms with Crippen LogP contribution in [0.25, 0.3) is 11.1 Å². The number of hydrogen-bond donors (Lipinski definition) is 0. The van der Waals surface area contributed by atoms with Crippen molar-refractivity contribution in [1.82, 2.24) is 9.97 Å². The second kappa shape index (κ2) is 8.60. The molecule has 35 heavy (non-hydrogen) atoms. The molecule has 1 aromatic heterocycles. The maximum atomic E-state index is 13.4. The van der Waals surface area contributed by atoms with E-state index in [1.165, 1.54) is 17.5 Å². The molecule has 0 N–H and O–H groups in total. The summed E-state index contributed by atoms with van der Waals surface area (Å²) in [4.78, 5) is 22.1. The predicted molar refractivity (Wildman–Crippen MR) is 131 cm³/mol. The molecule has 8 nitrogen and oxygen atoms in total. The van der Waals surface area contributed by atoms with E-state index in [1.807, 2.05) is 31.2 Å². The number of anilines is 2. The highest BCUT2D eigenvalue weighted by atomic mass is 32.2. The first-order valence-corrected chi connectivity index (χ1v) is 13.2. The van der Waals surface area contributed by atoms with E-state index in [9.17, 15) is 17.6 Å². The fraction of sp³-hybridized carbons (Fsp3) is 0.320. The Labute approximate surface area is 203 Å².